The molecular formula is C15H18N2. The summed E-state index contributed by atoms with van der Waals surface area (Å²) < 4.78 is 2.13. The zero-order chi connectivity index (χ0) is 12.0. The number of para-hydroxylation sites is 1. The lowest BCUT2D eigenvalue weighted by Gasteiger charge is -2.24. The predicted molar refractivity (Wildman–Crippen MR) is 71.6 cm³/mol. The van der Waals surface area contributed by atoms with Gasteiger partial charge >= 0.3 is 0 Å². The number of benzene rings is 1. The summed E-state index contributed by atoms with van der Waals surface area (Å²) in [6.45, 7) is 3.39. The van der Waals surface area contributed by atoms with E-state index in [1.807, 2.05) is 0 Å². The molecule has 2 heterocycles. The molecule has 88 valence electrons. The fourth-order valence-corrected chi connectivity index (χ4v) is 2.99. The van der Waals surface area contributed by atoms with Crippen LogP contribution in [0.1, 0.15) is 18.1 Å². The van der Waals surface area contributed by atoms with Crippen LogP contribution >= 0.6 is 0 Å². The van der Waals surface area contributed by atoms with Crippen LogP contribution < -0.4 is 4.90 Å². The van der Waals surface area contributed by atoms with Crippen LogP contribution in [-0.2, 0) is 12.5 Å². The average Bonchev–Trinajstić information content (AvgIpc) is 2.85. The number of fused-ring (bicyclic) bond motifs is 1. The second-order valence-electron chi connectivity index (χ2n) is 5.27. The van der Waals surface area contributed by atoms with E-state index in [2.05, 4.69) is 73.2 Å². The normalized spacial score (nSPS) is 22.9. The molecule has 3 rings (SSSR count). The Morgan fingerprint density at radius 2 is 1.88 bits per heavy atom. The Morgan fingerprint density at radius 3 is 2.59 bits per heavy atom. The Hall–Kier alpha value is -1.70. The lowest BCUT2D eigenvalue weighted by Crippen LogP contribution is -2.29. The standard InChI is InChI=1S/C15H18N2/c1-15(12-8-9-16(2)10-12)11-17(3)14-7-5-4-6-13(14)15/h4-10H,11H2,1-3H3/t15-/m1/s1. The predicted octanol–water partition coefficient (Wildman–Crippen LogP) is 2.78. The monoisotopic (exact) mass is 226 g/mol. The van der Waals surface area contributed by atoms with E-state index in [1.165, 1.54) is 16.8 Å². The molecule has 1 atom stereocenters. The van der Waals surface area contributed by atoms with Crippen LogP contribution in [0.2, 0.25) is 0 Å². The minimum Gasteiger partial charge on any atom is -0.373 e. The van der Waals surface area contributed by atoms with Gasteiger partial charge < -0.3 is 9.47 Å². The van der Waals surface area contributed by atoms with Crippen LogP contribution in [-0.4, -0.2) is 18.2 Å². The maximum absolute atomic E-state index is 2.35. The van der Waals surface area contributed by atoms with Crippen LogP contribution in [0.15, 0.2) is 42.7 Å². The molecule has 1 aliphatic rings. The molecule has 1 aliphatic heterocycles. The summed E-state index contributed by atoms with van der Waals surface area (Å²) in [5.74, 6) is 0. The largest absolute Gasteiger partial charge is 0.373 e. The van der Waals surface area contributed by atoms with Crippen LogP contribution in [0.25, 0.3) is 0 Å². The molecule has 0 amide bonds. The molecule has 0 radical (unpaired) electrons. The molecular weight excluding hydrogens is 208 g/mol. The number of hydrogen-bond acceptors (Lipinski definition) is 1. The molecule has 2 heteroatoms. The first-order valence-electron chi connectivity index (χ1n) is 6.04. The minimum atomic E-state index is 0.118. The maximum Gasteiger partial charge on any atom is 0.0406 e. The van der Waals surface area contributed by atoms with Crippen LogP contribution in [0.3, 0.4) is 0 Å². The smallest absolute Gasteiger partial charge is 0.0406 e. The Balaban J connectivity index is 2.17. The van der Waals surface area contributed by atoms with Gasteiger partial charge in [0.2, 0.25) is 0 Å². The van der Waals surface area contributed by atoms with Gasteiger partial charge in [0.15, 0.2) is 0 Å². The highest BCUT2D eigenvalue weighted by Gasteiger charge is 2.38. The fraction of sp³-hybridized carbons (Fsp3) is 0.333. The molecule has 0 N–H and O–H groups in total. The summed E-state index contributed by atoms with van der Waals surface area (Å²) >= 11 is 0. The zero-order valence-corrected chi connectivity index (χ0v) is 10.6. The quantitative estimate of drug-likeness (QED) is 0.726. The summed E-state index contributed by atoms with van der Waals surface area (Å²) in [5, 5.41) is 0. The Morgan fingerprint density at radius 1 is 1.12 bits per heavy atom. The molecule has 0 saturated heterocycles. The van der Waals surface area contributed by atoms with Gasteiger partial charge in [-0.3, -0.25) is 0 Å². The van der Waals surface area contributed by atoms with Crippen molar-refractivity contribution in [1.82, 2.24) is 4.57 Å². The third-order valence-corrected chi connectivity index (χ3v) is 3.93. The van der Waals surface area contributed by atoms with Gasteiger partial charge in [0, 0.05) is 44.1 Å². The van der Waals surface area contributed by atoms with E-state index in [4.69, 9.17) is 0 Å². The summed E-state index contributed by atoms with van der Waals surface area (Å²) in [5.41, 5.74) is 4.32. The molecule has 0 fully saturated rings. The highest BCUT2D eigenvalue weighted by Crippen LogP contribution is 2.43. The van der Waals surface area contributed by atoms with E-state index in [-0.39, 0.29) is 5.41 Å². The van der Waals surface area contributed by atoms with Crippen molar-refractivity contribution in [3.63, 3.8) is 0 Å². The molecule has 2 aromatic rings. The molecule has 2 nitrogen and oxygen atoms in total. The van der Waals surface area contributed by atoms with E-state index >= 15 is 0 Å². The highest BCUT2D eigenvalue weighted by atomic mass is 15.1. The van der Waals surface area contributed by atoms with E-state index < -0.39 is 0 Å². The number of aryl methyl sites for hydroxylation is 1. The molecule has 0 unspecified atom stereocenters. The third kappa shape index (κ3) is 1.40. The van der Waals surface area contributed by atoms with Crippen molar-refractivity contribution >= 4 is 5.69 Å². The van der Waals surface area contributed by atoms with Crippen LogP contribution in [0.5, 0.6) is 0 Å². The lowest BCUT2D eigenvalue weighted by atomic mass is 9.79. The molecule has 0 aliphatic carbocycles. The van der Waals surface area contributed by atoms with Crippen molar-refractivity contribution in [3.8, 4) is 0 Å². The Bertz CT molecular complexity index is 556. The van der Waals surface area contributed by atoms with Gasteiger partial charge in [-0.2, -0.15) is 0 Å². The SMILES string of the molecule is CN1C[C@](C)(c2ccn(C)c2)c2ccccc21. The first-order chi connectivity index (χ1) is 8.11. The van der Waals surface area contributed by atoms with Gasteiger partial charge in [0.25, 0.3) is 0 Å². The number of aromatic nitrogens is 1. The second kappa shape index (κ2) is 3.39. The fourth-order valence-electron chi connectivity index (χ4n) is 2.99. The summed E-state index contributed by atoms with van der Waals surface area (Å²) in [4.78, 5) is 2.35. The first kappa shape index (κ1) is 10.5. The van der Waals surface area contributed by atoms with Crippen LogP contribution in [0, 0.1) is 0 Å². The van der Waals surface area contributed by atoms with E-state index in [9.17, 15) is 0 Å². The van der Waals surface area contributed by atoms with Crippen molar-refractivity contribution in [1.29, 1.82) is 0 Å². The molecule has 17 heavy (non-hydrogen) atoms. The van der Waals surface area contributed by atoms with Crippen molar-refractivity contribution in [2.45, 2.75) is 12.3 Å². The molecule has 0 bridgehead atoms. The van der Waals surface area contributed by atoms with Gasteiger partial charge in [-0.15, -0.1) is 0 Å². The van der Waals surface area contributed by atoms with Gasteiger partial charge in [-0.1, -0.05) is 18.2 Å². The Kier molecular flexibility index (Phi) is 2.09. The van der Waals surface area contributed by atoms with Gasteiger partial charge in [-0.05, 0) is 30.2 Å². The highest BCUT2D eigenvalue weighted by molar-refractivity contribution is 5.65. The number of rotatable bonds is 1. The number of anilines is 1. The van der Waals surface area contributed by atoms with Crippen molar-refractivity contribution in [3.05, 3.63) is 53.9 Å². The number of hydrogen-bond donors (Lipinski definition) is 0. The molecule has 0 saturated carbocycles. The van der Waals surface area contributed by atoms with Gasteiger partial charge in [-0.25, -0.2) is 0 Å². The van der Waals surface area contributed by atoms with Crippen molar-refractivity contribution in [2.24, 2.45) is 7.05 Å². The maximum atomic E-state index is 2.35. The lowest BCUT2D eigenvalue weighted by molar-refractivity contribution is 0.607. The summed E-state index contributed by atoms with van der Waals surface area (Å²) in [6, 6.07) is 11.0. The van der Waals surface area contributed by atoms with E-state index in [0.717, 1.165) is 6.54 Å². The van der Waals surface area contributed by atoms with Crippen LogP contribution in [0.4, 0.5) is 5.69 Å². The zero-order valence-electron chi connectivity index (χ0n) is 10.6. The number of nitrogens with zero attached hydrogens (tertiary/aromatic N) is 2. The van der Waals surface area contributed by atoms with Gasteiger partial charge in [0.05, 0.1) is 0 Å². The average molecular weight is 226 g/mol. The van der Waals surface area contributed by atoms with E-state index in [0.29, 0.717) is 0 Å². The summed E-state index contributed by atoms with van der Waals surface area (Å²) in [7, 11) is 4.25. The topological polar surface area (TPSA) is 8.17 Å². The minimum absolute atomic E-state index is 0.118. The number of likely N-dealkylation sites (N-methyl/N-ethyl adjacent to an activating group) is 1. The van der Waals surface area contributed by atoms with Crippen molar-refractivity contribution < 1.29 is 0 Å². The van der Waals surface area contributed by atoms with E-state index in [1.54, 1.807) is 0 Å². The Labute approximate surface area is 102 Å². The van der Waals surface area contributed by atoms with Crippen molar-refractivity contribution in [2.75, 3.05) is 18.5 Å². The summed E-state index contributed by atoms with van der Waals surface area (Å²) in [6.07, 6.45) is 4.36. The molecule has 1 aromatic carbocycles. The second-order valence-corrected chi connectivity index (χ2v) is 5.27. The van der Waals surface area contributed by atoms with Gasteiger partial charge in [0.1, 0.15) is 0 Å². The molecule has 1 aromatic heterocycles. The molecule has 0 spiro atoms. The third-order valence-electron chi connectivity index (χ3n) is 3.93. The first-order valence-corrected chi connectivity index (χ1v) is 6.04.